The predicted octanol–water partition coefficient (Wildman–Crippen LogP) is 0.297. The number of nitrogens with zero attached hydrogens (tertiary/aromatic N) is 1. The quantitative estimate of drug-likeness (QED) is 0.636. The molecule has 3 aliphatic rings. The third-order valence-electron chi connectivity index (χ3n) is 3.67. The van der Waals surface area contributed by atoms with E-state index in [1.54, 1.807) is 0 Å². The van der Waals surface area contributed by atoms with Crippen LogP contribution in [0.5, 0.6) is 0 Å². The van der Waals surface area contributed by atoms with E-state index in [4.69, 9.17) is 0 Å². The Morgan fingerprint density at radius 2 is 2.14 bits per heavy atom. The molecule has 3 aliphatic heterocycles. The highest BCUT2D eigenvalue weighted by Gasteiger charge is 2.44. The first kappa shape index (κ1) is 10.4. The van der Waals surface area contributed by atoms with E-state index >= 15 is 0 Å². The lowest BCUT2D eigenvalue weighted by atomic mass is 9.74. The zero-order valence-electron chi connectivity index (χ0n) is 9.45. The molecule has 3 saturated heterocycles. The first-order valence-electron chi connectivity index (χ1n) is 5.62. The van der Waals surface area contributed by atoms with Gasteiger partial charge in [-0.2, -0.15) is 0 Å². The van der Waals surface area contributed by atoms with Crippen molar-refractivity contribution in [2.45, 2.75) is 32.9 Å². The van der Waals surface area contributed by atoms with Gasteiger partial charge in [0.2, 0.25) is 0 Å². The Morgan fingerprint density at radius 3 is 2.79 bits per heavy atom. The van der Waals surface area contributed by atoms with Gasteiger partial charge in [-0.15, -0.1) is 0 Å². The maximum atomic E-state index is 9.39. The molecule has 3 fully saturated rings. The second-order valence-corrected chi connectivity index (χ2v) is 5.67. The average Bonchev–Trinajstić information content (AvgIpc) is 2.28. The first-order chi connectivity index (χ1) is 6.53. The van der Waals surface area contributed by atoms with Gasteiger partial charge in [0, 0.05) is 44.2 Å². The number of fused-ring (bicyclic) bond motifs is 4. The van der Waals surface area contributed by atoms with Gasteiger partial charge < -0.3 is 15.3 Å². The fourth-order valence-corrected chi connectivity index (χ4v) is 3.22. The molecule has 0 saturated carbocycles. The van der Waals surface area contributed by atoms with Gasteiger partial charge in [-0.1, -0.05) is 13.8 Å². The lowest BCUT2D eigenvalue weighted by molar-refractivity contribution is 0.0341. The van der Waals surface area contributed by atoms with Crippen molar-refractivity contribution in [3.05, 3.63) is 0 Å². The van der Waals surface area contributed by atoms with Gasteiger partial charge in [-0.25, -0.2) is 0 Å². The third-order valence-corrected chi connectivity index (χ3v) is 3.67. The van der Waals surface area contributed by atoms with E-state index in [-0.39, 0.29) is 5.41 Å². The fourth-order valence-electron chi connectivity index (χ4n) is 3.22. The minimum atomic E-state index is 0.288. The summed E-state index contributed by atoms with van der Waals surface area (Å²) in [6.07, 6.45) is 0. The summed E-state index contributed by atoms with van der Waals surface area (Å²) in [5.41, 5.74) is 0.288. The molecule has 0 aromatic carbocycles. The van der Waals surface area contributed by atoms with Crippen LogP contribution in [0.4, 0.5) is 0 Å². The van der Waals surface area contributed by atoms with Gasteiger partial charge in [0.05, 0.1) is 0 Å². The average molecular weight is 198 g/mol. The summed E-state index contributed by atoms with van der Waals surface area (Å²) in [5, 5.41) is 13.0. The molecule has 0 aliphatic carbocycles. The van der Waals surface area contributed by atoms with Gasteiger partial charge in [0.25, 0.3) is 0 Å². The molecule has 2 N–H and O–H groups in total. The van der Waals surface area contributed by atoms with Crippen LogP contribution in [0, 0.1) is 11.3 Å². The fraction of sp³-hybridized carbons (Fsp3) is 1.00. The summed E-state index contributed by atoms with van der Waals surface area (Å²) in [6, 6.07) is 1.03. The van der Waals surface area contributed by atoms with Crippen LogP contribution in [0.2, 0.25) is 0 Å². The van der Waals surface area contributed by atoms with Crippen LogP contribution in [0.15, 0.2) is 0 Å². The zero-order valence-corrected chi connectivity index (χ0v) is 9.45. The van der Waals surface area contributed by atoms with Crippen molar-refractivity contribution in [2.24, 2.45) is 11.3 Å². The molecule has 4 atom stereocenters. The molecule has 82 valence electrons. The van der Waals surface area contributed by atoms with Gasteiger partial charge in [-0.3, -0.25) is 0 Å². The summed E-state index contributed by atoms with van der Waals surface area (Å²) in [4.78, 5) is 2.49. The van der Waals surface area contributed by atoms with Crippen LogP contribution < -0.4 is 5.32 Å². The number of nitrogens with one attached hydrogen (secondary N) is 1. The van der Waals surface area contributed by atoms with Crippen LogP contribution in [-0.2, 0) is 0 Å². The van der Waals surface area contributed by atoms with Gasteiger partial charge in [0.15, 0.2) is 0 Å². The van der Waals surface area contributed by atoms with E-state index in [1.807, 2.05) is 0 Å². The van der Waals surface area contributed by atoms with E-state index in [9.17, 15) is 5.11 Å². The van der Waals surface area contributed by atoms with Crippen LogP contribution in [0.1, 0.15) is 20.8 Å². The van der Waals surface area contributed by atoms with Gasteiger partial charge in [-0.05, 0) is 12.3 Å². The molecule has 0 aromatic heterocycles. The van der Waals surface area contributed by atoms with Crippen molar-refractivity contribution in [3.8, 4) is 0 Å². The smallest absolute Gasteiger partial charge is 0.0486 e. The molecule has 14 heavy (non-hydrogen) atoms. The minimum absolute atomic E-state index is 0.288. The van der Waals surface area contributed by atoms with Crippen LogP contribution in [-0.4, -0.2) is 48.3 Å². The van der Waals surface area contributed by atoms with Crippen LogP contribution >= 0.6 is 0 Å². The second kappa shape index (κ2) is 3.47. The number of hydrogen-bond acceptors (Lipinski definition) is 3. The zero-order chi connectivity index (χ0) is 10.3. The number of aliphatic hydroxyl groups is 1. The van der Waals surface area contributed by atoms with E-state index in [0.717, 1.165) is 19.6 Å². The molecule has 3 heterocycles. The Bertz CT molecular complexity index is 217. The minimum Gasteiger partial charge on any atom is -0.396 e. The van der Waals surface area contributed by atoms with Crippen molar-refractivity contribution < 1.29 is 5.11 Å². The van der Waals surface area contributed by atoms with Crippen molar-refractivity contribution in [1.82, 2.24) is 10.2 Å². The van der Waals surface area contributed by atoms with Crippen LogP contribution in [0.25, 0.3) is 0 Å². The highest BCUT2D eigenvalue weighted by Crippen LogP contribution is 2.35. The Kier molecular flexibility index (Phi) is 2.58. The van der Waals surface area contributed by atoms with E-state index < -0.39 is 0 Å². The maximum absolute atomic E-state index is 9.39. The molecular formula is C11H22N2O. The molecule has 2 bridgehead atoms. The second-order valence-electron chi connectivity index (χ2n) is 5.67. The highest BCUT2D eigenvalue weighted by atomic mass is 16.3. The molecule has 1 unspecified atom stereocenters. The summed E-state index contributed by atoms with van der Waals surface area (Å²) >= 11 is 0. The molecule has 0 aromatic rings. The first-order valence-corrected chi connectivity index (χ1v) is 5.62. The van der Waals surface area contributed by atoms with Crippen LogP contribution in [0.3, 0.4) is 0 Å². The summed E-state index contributed by atoms with van der Waals surface area (Å²) in [6.45, 7) is 10.5. The lowest BCUT2D eigenvalue weighted by Gasteiger charge is -2.45. The largest absolute Gasteiger partial charge is 0.396 e. The lowest BCUT2D eigenvalue weighted by Crippen LogP contribution is -2.56. The number of rotatable bonds is 1. The highest BCUT2D eigenvalue weighted by molar-refractivity contribution is 5.01. The van der Waals surface area contributed by atoms with E-state index in [2.05, 4.69) is 31.0 Å². The maximum Gasteiger partial charge on any atom is 0.0486 e. The molecule has 0 amide bonds. The van der Waals surface area contributed by atoms with Crippen molar-refractivity contribution in [3.63, 3.8) is 0 Å². The summed E-state index contributed by atoms with van der Waals surface area (Å²) in [7, 11) is 0. The topological polar surface area (TPSA) is 35.5 Å². The third kappa shape index (κ3) is 1.69. The van der Waals surface area contributed by atoms with Gasteiger partial charge >= 0.3 is 0 Å². The normalized spacial score (nSPS) is 46.3. The molecular weight excluding hydrogens is 176 g/mol. The Hall–Kier alpha value is -0.120. The molecule has 0 radical (unpaired) electrons. The van der Waals surface area contributed by atoms with Crippen molar-refractivity contribution in [2.75, 3.05) is 26.2 Å². The Labute approximate surface area is 86.5 Å². The number of piperidine rings is 1. The summed E-state index contributed by atoms with van der Waals surface area (Å²) in [5.74, 6) is 0.406. The molecule has 3 heteroatoms. The SMILES string of the molecule is C[C@H]1CN2C[C@@H](CO)[C@@H](N1)C(C)(C)C2. The predicted molar refractivity (Wildman–Crippen MR) is 57.2 cm³/mol. The van der Waals surface area contributed by atoms with Gasteiger partial charge in [0.1, 0.15) is 0 Å². The number of aliphatic hydroxyl groups excluding tert-OH is 1. The van der Waals surface area contributed by atoms with E-state index in [0.29, 0.717) is 24.6 Å². The summed E-state index contributed by atoms with van der Waals surface area (Å²) < 4.78 is 0. The Balaban J connectivity index is 2.23. The van der Waals surface area contributed by atoms with Crippen molar-refractivity contribution >= 4 is 0 Å². The van der Waals surface area contributed by atoms with E-state index in [1.165, 1.54) is 0 Å². The molecule has 0 spiro atoms. The van der Waals surface area contributed by atoms with Crippen molar-refractivity contribution in [1.29, 1.82) is 0 Å². The number of hydrogen-bond donors (Lipinski definition) is 2. The molecule has 3 nitrogen and oxygen atoms in total. The Morgan fingerprint density at radius 1 is 1.43 bits per heavy atom. The standard InChI is InChI=1S/C11H22N2O/c1-8-4-13-5-9(6-14)10(12-8)11(2,3)7-13/h8-10,12,14H,4-7H2,1-3H3/t8-,9-,10+/m0/s1. The monoisotopic (exact) mass is 198 g/mol. The molecule has 3 rings (SSSR count).